The molecule has 8 aromatic carbocycles. The molecule has 5 aromatic heterocycles. The smallest absolute Gasteiger partial charge is 0 e. The average molecular weight is 1470 g/mol. The molecule has 83 heavy (non-hydrogen) atoms. The normalized spacial score (nSPS) is 9.80. The molecule has 0 aliphatic heterocycles. The molecular formula is C67H63BClIr2N10O2-2. The van der Waals surface area contributed by atoms with Gasteiger partial charge < -0.3 is 17.6 Å². The number of hydrogen-bond acceptors (Lipinski definition) is 7. The van der Waals surface area contributed by atoms with Crippen LogP contribution in [0.3, 0.4) is 0 Å². The van der Waals surface area contributed by atoms with Crippen LogP contribution in [0, 0.1) is 40.3 Å². The number of benzene rings is 8. The van der Waals surface area contributed by atoms with Gasteiger partial charge in [-0.1, -0.05) is 147 Å². The van der Waals surface area contributed by atoms with E-state index in [0.29, 0.717) is 11.4 Å². The Labute approximate surface area is 516 Å². The fraction of sp³-hybridized carbons (Fsp3) is 0.0448. The number of aromatic nitrogens is 10. The molecule has 0 bridgehead atoms. The summed E-state index contributed by atoms with van der Waals surface area (Å²) in [6.45, 7) is 5.96. The Hall–Kier alpha value is -8.94. The zero-order chi connectivity index (χ0) is 55.9. The number of hydrogen-bond donors (Lipinski definition) is 2. The average Bonchev–Trinajstić information content (AvgIpc) is 4.45. The van der Waals surface area contributed by atoms with E-state index in [9.17, 15) is 10.2 Å². The number of rotatable bonds is 8. The predicted octanol–water partition coefficient (Wildman–Crippen LogP) is 14.0. The van der Waals surface area contributed by atoms with Gasteiger partial charge in [0.1, 0.15) is 22.9 Å². The van der Waals surface area contributed by atoms with Crippen molar-refractivity contribution in [1.29, 1.82) is 0 Å². The number of phenols is 2. The molecule has 0 aliphatic carbocycles. The summed E-state index contributed by atoms with van der Waals surface area (Å²) in [6, 6.07) is 82.0. The van der Waals surface area contributed by atoms with Gasteiger partial charge in [-0.3, -0.25) is 9.36 Å². The van der Waals surface area contributed by atoms with Crippen LogP contribution in [0.4, 0.5) is 0 Å². The van der Waals surface area contributed by atoms with Crippen LogP contribution in [0.2, 0.25) is 0 Å². The van der Waals surface area contributed by atoms with Crippen LogP contribution in [-0.4, -0.2) is 67.5 Å². The summed E-state index contributed by atoms with van der Waals surface area (Å²) >= 11 is 1.47. The first kappa shape index (κ1) is 64.9. The molecule has 13 aromatic rings. The number of nitrogens with zero attached hydrogens (tertiary/aromatic N) is 10. The van der Waals surface area contributed by atoms with Crippen molar-refractivity contribution in [1.82, 2.24) is 48.9 Å². The molecular weight excluding hydrogens is 1410 g/mol. The van der Waals surface area contributed by atoms with Crippen molar-refractivity contribution in [2.45, 2.75) is 20.8 Å². The molecule has 423 valence electrons. The summed E-state index contributed by atoms with van der Waals surface area (Å²) in [6.07, 6.45) is 12.8. The van der Waals surface area contributed by atoms with E-state index in [4.69, 9.17) is 0 Å². The summed E-state index contributed by atoms with van der Waals surface area (Å²) in [5.41, 5.74) is 14.7. The SMILES string of the molecule is Cc1ccn(-c2[c-]cc(-c3ccccc3)cc2)n1.Cc1ccn(-c2[c-]cc(-c3ccccc3)cc2)n1.Cc1ccn(-c2ccc(-c3ccccc3)cc2)n1.Oc1ccccc1-n1cccn1.Oc1ccccc1-n1cccn1.[BH4-].[CH3-].[Cl][Ir+2].[Ir]. The largest absolute Gasteiger partial charge is 0 e. The summed E-state index contributed by atoms with van der Waals surface area (Å²) < 4.78 is 8.81. The van der Waals surface area contributed by atoms with Gasteiger partial charge in [0.25, 0.3) is 0 Å². The molecule has 0 fully saturated rings. The van der Waals surface area contributed by atoms with Crippen LogP contribution in [0.15, 0.2) is 274 Å². The van der Waals surface area contributed by atoms with Gasteiger partial charge in [0.05, 0.1) is 22.8 Å². The maximum atomic E-state index is 9.42. The number of aromatic hydroxyl groups is 2. The summed E-state index contributed by atoms with van der Waals surface area (Å²) in [7, 11) is 4.64. The summed E-state index contributed by atoms with van der Waals surface area (Å²) in [5, 5.41) is 40.0. The van der Waals surface area contributed by atoms with Gasteiger partial charge in [-0.25, -0.2) is 14.0 Å². The van der Waals surface area contributed by atoms with Gasteiger partial charge in [-0.2, -0.15) is 61.9 Å². The molecule has 0 amide bonds. The van der Waals surface area contributed by atoms with Crippen LogP contribution in [-0.2, 0) is 38.0 Å². The zero-order valence-electron chi connectivity index (χ0n) is 45.4. The molecule has 2 N–H and O–H groups in total. The third kappa shape index (κ3) is 18.8. The Morgan fingerprint density at radius 1 is 0.361 bits per heavy atom. The van der Waals surface area contributed by atoms with Gasteiger partial charge in [-0.15, -0.1) is 23.3 Å². The Morgan fingerprint density at radius 3 is 1.00 bits per heavy atom. The monoisotopic (exact) mass is 1470 g/mol. The maximum absolute atomic E-state index is 9.42. The topological polar surface area (TPSA) is 130 Å². The van der Waals surface area contributed by atoms with Crippen LogP contribution in [0.25, 0.3) is 61.8 Å². The molecule has 13 rings (SSSR count). The third-order valence-corrected chi connectivity index (χ3v) is 12.0. The molecule has 12 nitrogen and oxygen atoms in total. The third-order valence-electron chi connectivity index (χ3n) is 12.0. The molecule has 0 aliphatic rings. The first-order chi connectivity index (χ1) is 39.2. The fourth-order valence-corrected chi connectivity index (χ4v) is 7.97. The van der Waals surface area contributed by atoms with E-state index < -0.39 is 0 Å². The van der Waals surface area contributed by atoms with E-state index >= 15 is 0 Å². The van der Waals surface area contributed by atoms with Gasteiger partial charge in [0.15, 0.2) is 0 Å². The van der Waals surface area contributed by atoms with Crippen molar-refractivity contribution in [3.8, 4) is 73.3 Å². The summed E-state index contributed by atoms with van der Waals surface area (Å²) in [4.78, 5) is 0. The molecule has 5 heterocycles. The van der Waals surface area contributed by atoms with E-state index in [-0.39, 0.29) is 47.4 Å². The first-order valence-electron chi connectivity index (χ1n) is 25.3. The Bertz CT molecular complexity index is 3480. The fourth-order valence-electron chi connectivity index (χ4n) is 7.97. The number of phenolic OH excluding ortho intramolecular Hbond substituents is 2. The van der Waals surface area contributed by atoms with Gasteiger partial charge in [0, 0.05) is 63.5 Å². The number of para-hydroxylation sites is 4. The molecule has 0 atom stereocenters. The van der Waals surface area contributed by atoms with E-state index in [2.05, 4.69) is 132 Å². The number of halogens is 1. The van der Waals surface area contributed by atoms with Crippen LogP contribution in [0.5, 0.6) is 11.5 Å². The van der Waals surface area contributed by atoms with Gasteiger partial charge in [-0.05, 0) is 110 Å². The second kappa shape index (κ2) is 33.7. The molecule has 16 heteroatoms. The van der Waals surface area contributed by atoms with E-state index in [1.807, 2.05) is 175 Å². The second-order valence-electron chi connectivity index (χ2n) is 17.7. The van der Waals surface area contributed by atoms with E-state index in [1.165, 1.54) is 51.3 Å². The minimum Gasteiger partial charge on any atom is 0 e. The minimum atomic E-state index is 0. The van der Waals surface area contributed by atoms with Crippen LogP contribution >= 0.6 is 9.58 Å². The molecule has 0 unspecified atom stereocenters. The molecule has 0 saturated carbocycles. The Kier molecular flexibility index (Phi) is 26.4. The molecule has 0 saturated heterocycles. The van der Waals surface area contributed by atoms with Gasteiger partial charge in [0.2, 0.25) is 0 Å². The predicted molar refractivity (Wildman–Crippen MR) is 333 cm³/mol. The number of aryl methyl sites for hydroxylation is 3. The Morgan fingerprint density at radius 2 is 0.687 bits per heavy atom. The van der Waals surface area contributed by atoms with E-state index in [1.54, 1.807) is 58.4 Å². The minimum absolute atomic E-state index is 0. The van der Waals surface area contributed by atoms with Crippen molar-refractivity contribution in [3.05, 3.63) is 311 Å². The second-order valence-corrected chi connectivity index (χ2v) is 17.7. The van der Waals surface area contributed by atoms with Crippen molar-refractivity contribution in [2.75, 3.05) is 0 Å². The van der Waals surface area contributed by atoms with Crippen molar-refractivity contribution < 1.29 is 48.2 Å². The Balaban J connectivity index is 0.000000189. The van der Waals surface area contributed by atoms with Crippen molar-refractivity contribution >= 4 is 18.0 Å². The first-order valence-corrected chi connectivity index (χ1v) is 28.3. The van der Waals surface area contributed by atoms with Crippen LogP contribution < -0.4 is 0 Å². The van der Waals surface area contributed by atoms with Gasteiger partial charge >= 0.3 is 27.5 Å². The van der Waals surface area contributed by atoms with E-state index in [0.717, 1.165) is 34.1 Å². The summed E-state index contributed by atoms with van der Waals surface area (Å²) in [5.74, 6) is 0.474. The van der Waals surface area contributed by atoms with Crippen molar-refractivity contribution in [2.24, 2.45) is 0 Å². The standard InChI is InChI=1S/C16H14N2.2C16H13N2.2C9H8N2O.CH3.BH4.ClH.2Ir/c3*1-13-11-12-18(17-13)16-9-7-15(8-10-16)14-5-3-2-4-6-14;2*12-9-5-2-1-4-8(9)11-7-3-6-10-11;;;;;/h2-12H,1H3;2*2-9,11-12H,1H3;2*1-7,12H;1H3;1H4;1H;;/q;2*-1;;;2*-1;;;+3/p-1. The molecule has 0 spiro atoms. The van der Waals surface area contributed by atoms with Crippen LogP contribution in [0.1, 0.15) is 17.1 Å². The van der Waals surface area contributed by atoms with Crippen molar-refractivity contribution in [3.63, 3.8) is 0 Å². The maximum Gasteiger partial charge on any atom is 0 e. The molecule has 1 radical (unpaired) electrons. The zero-order valence-corrected chi connectivity index (χ0v) is 50.9. The quantitative estimate of drug-likeness (QED) is 0.114.